The van der Waals surface area contributed by atoms with E-state index in [0.29, 0.717) is 24.3 Å². The van der Waals surface area contributed by atoms with Gasteiger partial charge in [-0.25, -0.2) is 4.98 Å². The zero-order valence-electron chi connectivity index (χ0n) is 15.8. The molecule has 160 valence electrons. The topological polar surface area (TPSA) is 62.3 Å². The van der Waals surface area contributed by atoms with Crippen molar-refractivity contribution in [2.45, 2.75) is 30.1 Å². The van der Waals surface area contributed by atoms with E-state index in [-0.39, 0.29) is 28.4 Å². The highest BCUT2D eigenvalue weighted by atomic mass is 35.5. The number of hydrogen-bond donors (Lipinski definition) is 1. The van der Waals surface area contributed by atoms with Crippen LogP contribution in [0.2, 0.25) is 5.02 Å². The van der Waals surface area contributed by atoms with Gasteiger partial charge in [0.1, 0.15) is 11.1 Å². The van der Waals surface area contributed by atoms with Crippen LogP contribution in [0.1, 0.15) is 28.8 Å². The van der Waals surface area contributed by atoms with Gasteiger partial charge in [-0.2, -0.15) is 13.2 Å². The van der Waals surface area contributed by atoms with Crippen LogP contribution >= 0.6 is 23.4 Å². The fourth-order valence-corrected chi connectivity index (χ4v) is 4.21. The first kappa shape index (κ1) is 22.4. The van der Waals surface area contributed by atoms with Gasteiger partial charge < -0.3 is 10.2 Å². The van der Waals surface area contributed by atoms with Crippen molar-refractivity contribution < 1.29 is 22.8 Å². The molecular formula is C20H19ClF3N3O2S. The van der Waals surface area contributed by atoms with Gasteiger partial charge in [-0.1, -0.05) is 29.8 Å². The van der Waals surface area contributed by atoms with Crippen molar-refractivity contribution in [2.24, 2.45) is 0 Å². The third-order valence-corrected chi connectivity index (χ3v) is 6.02. The van der Waals surface area contributed by atoms with Crippen LogP contribution in [0.5, 0.6) is 0 Å². The number of hydrogen-bond acceptors (Lipinski definition) is 4. The van der Waals surface area contributed by atoms with Gasteiger partial charge in [-0.05, 0) is 31.0 Å². The molecule has 0 bridgehead atoms. The lowest BCUT2D eigenvalue weighted by Gasteiger charge is -2.24. The number of likely N-dealkylation sites (tertiary alicyclic amines) is 1. The van der Waals surface area contributed by atoms with E-state index in [4.69, 9.17) is 11.6 Å². The van der Waals surface area contributed by atoms with Crippen molar-refractivity contribution in [1.29, 1.82) is 0 Å². The Labute approximate surface area is 181 Å². The second kappa shape index (κ2) is 9.70. The Kier molecular flexibility index (Phi) is 7.25. The molecule has 0 saturated carbocycles. The number of carbonyl (C=O) groups is 2. The molecule has 1 aromatic heterocycles. The smallest absolute Gasteiger partial charge is 0.353 e. The molecule has 1 saturated heterocycles. The van der Waals surface area contributed by atoms with Gasteiger partial charge in [0.05, 0.1) is 10.6 Å². The summed E-state index contributed by atoms with van der Waals surface area (Å²) in [7, 11) is 0. The molecule has 1 atom stereocenters. The maximum absolute atomic E-state index is 12.7. The summed E-state index contributed by atoms with van der Waals surface area (Å²) in [6.07, 6.45) is -2.43. The number of amides is 2. The number of pyridine rings is 1. The van der Waals surface area contributed by atoms with Crippen LogP contribution in [0.15, 0.2) is 47.6 Å². The number of nitrogens with one attached hydrogen (secondary N) is 1. The summed E-state index contributed by atoms with van der Waals surface area (Å²) in [5, 5.41) is 2.96. The third kappa shape index (κ3) is 5.46. The van der Waals surface area contributed by atoms with E-state index in [2.05, 4.69) is 10.3 Å². The number of benzene rings is 1. The number of aromatic nitrogens is 1. The molecule has 2 amide bonds. The van der Waals surface area contributed by atoms with Crippen LogP contribution in [-0.2, 0) is 11.0 Å². The second-order valence-corrected chi connectivity index (χ2v) is 8.16. The van der Waals surface area contributed by atoms with Crippen molar-refractivity contribution in [1.82, 2.24) is 15.2 Å². The molecule has 30 heavy (non-hydrogen) atoms. The van der Waals surface area contributed by atoms with E-state index in [1.54, 1.807) is 29.2 Å². The van der Waals surface area contributed by atoms with Crippen LogP contribution in [0.4, 0.5) is 13.2 Å². The molecule has 5 nitrogen and oxygen atoms in total. The Morgan fingerprint density at radius 2 is 2.00 bits per heavy atom. The van der Waals surface area contributed by atoms with Gasteiger partial charge >= 0.3 is 6.18 Å². The van der Waals surface area contributed by atoms with Crippen LogP contribution in [0.3, 0.4) is 0 Å². The quantitative estimate of drug-likeness (QED) is 0.520. The minimum Gasteiger partial charge on any atom is -0.353 e. The molecule has 3 rings (SSSR count). The highest BCUT2D eigenvalue weighted by Gasteiger charge is 2.34. The van der Waals surface area contributed by atoms with E-state index in [9.17, 15) is 22.8 Å². The molecule has 0 spiro atoms. The van der Waals surface area contributed by atoms with Gasteiger partial charge in [0.15, 0.2) is 0 Å². The maximum atomic E-state index is 12.7. The lowest BCUT2D eigenvalue weighted by atomic mass is 10.1. The highest BCUT2D eigenvalue weighted by Crippen LogP contribution is 2.33. The Morgan fingerprint density at radius 3 is 2.67 bits per heavy atom. The summed E-state index contributed by atoms with van der Waals surface area (Å²) in [5.41, 5.74) is -0.370. The van der Waals surface area contributed by atoms with Crippen LogP contribution < -0.4 is 5.32 Å². The van der Waals surface area contributed by atoms with E-state index < -0.39 is 17.8 Å². The summed E-state index contributed by atoms with van der Waals surface area (Å²) in [4.78, 5) is 30.5. The van der Waals surface area contributed by atoms with Crippen molar-refractivity contribution in [2.75, 3.05) is 18.8 Å². The number of rotatable bonds is 6. The molecule has 1 aliphatic heterocycles. The Balaban J connectivity index is 1.50. The van der Waals surface area contributed by atoms with Gasteiger partial charge in [-0.3, -0.25) is 9.59 Å². The maximum Gasteiger partial charge on any atom is 0.417 e. The predicted molar refractivity (Wildman–Crippen MR) is 108 cm³/mol. The minimum absolute atomic E-state index is 0.0865. The molecule has 1 aromatic carbocycles. The molecule has 1 aliphatic rings. The van der Waals surface area contributed by atoms with E-state index in [1.807, 2.05) is 6.07 Å². The van der Waals surface area contributed by atoms with Gasteiger partial charge in [-0.15, -0.1) is 11.8 Å². The lowest BCUT2D eigenvalue weighted by Crippen LogP contribution is -2.46. The van der Waals surface area contributed by atoms with E-state index >= 15 is 0 Å². The van der Waals surface area contributed by atoms with Crippen molar-refractivity contribution in [3.63, 3.8) is 0 Å². The minimum atomic E-state index is -4.50. The number of halogens is 4. The first-order valence-corrected chi connectivity index (χ1v) is 10.6. The van der Waals surface area contributed by atoms with Crippen LogP contribution in [0, 0.1) is 0 Å². The van der Waals surface area contributed by atoms with Gasteiger partial charge in [0.2, 0.25) is 5.91 Å². The van der Waals surface area contributed by atoms with Crippen molar-refractivity contribution in [3.8, 4) is 0 Å². The highest BCUT2D eigenvalue weighted by molar-refractivity contribution is 7.99. The van der Waals surface area contributed by atoms with Crippen LogP contribution in [0.25, 0.3) is 0 Å². The van der Waals surface area contributed by atoms with Crippen LogP contribution in [-0.4, -0.2) is 46.6 Å². The zero-order chi connectivity index (χ0) is 21.7. The fourth-order valence-electron chi connectivity index (χ4n) is 3.16. The molecule has 0 radical (unpaired) electrons. The molecule has 1 unspecified atom stereocenters. The van der Waals surface area contributed by atoms with Gasteiger partial charge in [0, 0.05) is 30.6 Å². The molecule has 0 aliphatic carbocycles. The van der Waals surface area contributed by atoms with Crippen molar-refractivity contribution >= 4 is 35.2 Å². The molecule has 10 heteroatoms. The Bertz CT molecular complexity index is 912. The standard InChI is InChI=1S/C20H19ClF3N3O2S/c21-15-11-14(20(22,23)24)12-26-18(15)30-10-8-25-17(28)16-7-4-9-27(16)19(29)13-5-2-1-3-6-13/h1-3,5-6,11-12,16H,4,7-10H2,(H,25,28). The first-order chi connectivity index (χ1) is 14.3. The first-order valence-electron chi connectivity index (χ1n) is 9.26. The summed E-state index contributed by atoms with van der Waals surface area (Å²) < 4.78 is 38.0. The largest absolute Gasteiger partial charge is 0.417 e. The monoisotopic (exact) mass is 457 g/mol. The summed E-state index contributed by atoms with van der Waals surface area (Å²) in [6, 6.07) is 9.10. The Hall–Kier alpha value is -2.26. The summed E-state index contributed by atoms with van der Waals surface area (Å²) in [5.74, 6) is -0.0457. The predicted octanol–water partition coefficient (Wildman–Crippen LogP) is 4.27. The number of alkyl halides is 3. The molecular weight excluding hydrogens is 439 g/mol. The van der Waals surface area contributed by atoms with Gasteiger partial charge in [0.25, 0.3) is 5.91 Å². The fraction of sp³-hybridized carbons (Fsp3) is 0.350. The molecule has 1 N–H and O–H groups in total. The zero-order valence-corrected chi connectivity index (χ0v) is 17.4. The molecule has 1 fully saturated rings. The van der Waals surface area contributed by atoms with E-state index in [0.717, 1.165) is 30.4 Å². The number of carbonyl (C=O) groups excluding carboxylic acids is 2. The average Bonchev–Trinajstić information content (AvgIpc) is 3.21. The van der Waals surface area contributed by atoms with E-state index in [1.165, 1.54) is 0 Å². The third-order valence-electron chi connectivity index (χ3n) is 4.61. The molecule has 2 heterocycles. The average molecular weight is 458 g/mol. The Morgan fingerprint density at radius 1 is 1.27 bits per heavy atom. The lowest BCUT2D eigenvalue weighted by molar-refractivity contribution is -0.137. The normalized spacial score (nSPS) is 16.5. The van der Waals surface area contributed by atoms with Crippen molar-refractivity contribution in [3.05, 3.63) is 58.7 Å². The summed E-state index contributed by atoms with van der Waals surface area (Å²) >= 11 is 7.03. The SMILES string of the molecule is O=C(NCCSc1ncc(C(F)(F)F)cc1Cl)C1CCCN1C(=O)c1ccccc1. The number of nitrogens with zero attached hydrogens (tertiary/aromatic N) is 2. The second-order valence-electron chi connectivity index (χ2n) is 6.67. The summed E-state index contributed by atoms with van der Waals surface area (Å²) in [6.45, 7) is 0.790. The number of thioether (sulfide) groups is 1. The molecule has 2 aromatic rings.